The second-order valence-electron chi connectivity index (χ2n) is 10.7. The summed E-state index contributed by atoms with van der Waals surface area (Å²) in [7, 11) is 0. The van der Waals surface area contributed by atoms with Gasteiger partial charge in [0.1, 0.15) is 11.4 Å². The lowest BCUT2D eigenvalue weighted by Gasteiger charge is -2.44. The number of hydrogen-bond acceptors (Lipinski definition) is 6. The fourth-order valence-corrected chi connectivity index (χ4v) is 6.11. The standard InChI is InChI=1S/C27H34N4O3/c1-26(2)17-27(25(33)34-26)11-6-12-31(18-27)21-9-13-30(14-10-21)24(32)22-15-20(16-29-23(22)28)19-7-4-3-5-8-19/h3-5,7-8,15-16,21H,6,9-14,17-18H2,1-2H3,(H2,28,29). The summed E-state index contributed by atoms with van der Waals surface area (Å²) >= 11 is 0. The number of carbonyl (C=O) groups excluding carboxylic acids is 2. The predicted octanol–water partition coefficient (Wildman–Crippen LogP) is 3.74. The molecule has 1 atom stereocenters. The van der Waals surface area contributed by atoms with Crippen molar-refractivity contribution >= 4 is 17.7 Å². The summed E-state index contributed by atoms with van der Waals surface area (Å²) in [6, 6.07) is 12.1. The number of amides is 1. The SMILES string of the molecule is CC1(C)CC2(CCCN(C3CCN(C(=O)c4cc(-c5ccccc5)cnc4N)CC3)C2)C(=O)O1. The average molecular weight is 463 g/mol. The van der Waals surface area contributed by atoms with Gasteiger partial charge in [0, 0.05) is 43.9 Å². The summed E-state index contributed by atoms with van der Waals surface area (Å²) in [6.45, 7) is 7.15. The lowest BCUT2D eigenvalue weighted by Crippen LogP contribution is -2.53. The maximum atomic E-state index is 13.3. The van der Waals surface area contributed by atoms with Crippen LogP contribution in [0.5, 0.6) is 0 Å². The number of pyridine rings is 1. The number of piperidine rings is 2. The van der Waals surface area contributed by atoms with Crippen molar-refractivity contribution in [3.05, 3.63) is 48.2 Å². The van der Waals surface area contributed by atoms with Gasteiger partial charge in [-0.3, -0.25) is 14.5 Å². The molecule has 2 N–H and O–H groups in total. The Morgan fingerprint density at radius 2 is 1.85 bits per heavy atom. The molecule has 3 saturated heterocycles. The average Bonchev–Trinajstić information content (AvgIpc) is 3.06. The number of cyclic esters (lactones) is 1. The molecule has 0 saturated carbocycles. The highest BCUT2D eigenvalue weighted by molar-refractivity contribution is 5.99. The molecule has 7 heteroatoms. The zero-order chi connectivity index (χ0) is 23.9. The highest BCUT2D eigenvalue weighted by atomic mass is 16.6. The normalized spacial score (nSPS) is 25.5. The molecule has 34 heavy (non-hydrogen) atoms. The third-order valence-corrected chi connectivity index (χ3v) is 7.70. The van der Waals surface area contributed by atoms with E-state index in [1.54, 1.807) is 6.20 Å². The number of hydrogen-bond donors (Lipinski definition) is 1. The van der Waals surface area contributed by atoms with Gasteiger partial charge >= 0.3 is 5.97 Å². The van der Waals surface area contributed by atoms with Crippen LogP contribution in [-0.4, -0.2) is 64.5 Å². The van der Waals surface area contributed by atoms with E-state index in [-0.39, 0.29) is 28.7 Å². The first-order valence-electron chi connectivity index (χ1n) is 12.3. The molecule has 1 amide bonds. The Kier molecular flexibility index (Phi) is 5.84. The molecule has 180 valence electrons. The van der Waals surface area contributed by atoms with Crippen LogP contribution in [0.2, 0.25) is 0 Å². The lowest BCUT2D eigenvalue weighted by molar-refractivity contribution is -0.154. The van der Waals surface area contributed by atoms with Crippen LogP contribution in [0.4, 0.5) is 5.82 Å². The highest BCUT2D eigenvalue weighted by Gasteiger charge is 2.54. The van der Waals surface area contributed by atoms with Crippen molar-refractivity contribution in [3.63, 3.8) is 0 Å². The van der Waals surface area contributed by atoms with Crippen molar-refractivity contribution in [1.82, 2.24) is 14.8 Å². The Hall–Kier alpha value is -2.93. The monoisotopic (exact) mass is 462 g/mol. The number of nitrogen functional groups attached to an aromatic ring is 1. The van der Waals surface area contributed by atoms with Crippen molar-refractivity contribution in [2.24, 2.45) is 5.41 Å². The van der Waals surface area contributed by atoms with Gasteiger partial charge < -0.3 is 15.4 Å². The number of likely N-dealkylation sites (tertiary alicyclic amines) is 2. The van der Waals surface area contributed by atoms with Gasteiger partial charge in [-0.2, -0.15) is 0 Å². The van der Waals surface area contributed by atoms with Gasteiger partial charge in [-0.25, -0.2) is 4.98 Å². The van der Waals surface area contributed by atoms with Gasteiger partial charge in [-0.1, -0.05) is 30.3 Å². The van der Waals surface area contributed by atoms with Gasteiger partial charge in [-0.05, 0) is 57.7 Å². The van der Waals surface area contributed by atoms with Crippen molar-refractivity contribution in [3.8, 4) is 11.1 Å². The van der Waals surface area contributed by atoms with Gasteiger partial charge in [0.05, 0.1) is 11.0 Å². The van der Waals surface area contributed by atoms with Gasteiger partial charge in [0.25, 0.3) is 5.91 Å². The Balaban J connectivity index is 1.24. The second kappa shape index (κ2) is 8.69. The van der Waals surface area contributed by atoms with E-state index in [4.69, 9.17) is 10.5 Å². The van der Waals surface area contributed by atoms with Crippen molar-refractivity contribution in [2.75, 3.05) is 31.9 Å². The third kappa shape index (κ3) is 4.29. The van der Waals surface area contributed by atoms with Crippen LogP contribution in [-0.2, 0) is 9.53 Å². The minimum atomic E-state index is -0.377. The largest absolute Gasteiger partial charge is 0.459 e. The number of nitrogens with two attached hydrogens (primary N) is 1. The lowest BCUT2D eigenvalue weighted by atomic mass is 9.74. The van der Waals surface area contributed by atoms with Crippen LogP contribution in [0, 0.1) is 5.41 Å². The predicted molar refractivity (Wildman–Crippen MR) is 131 cm³/mol. The van der Waals surface area contributed by atoms with Gasteiger partial charge in [-0.15, -0.1) is 0 Å². The van der Waals surface area contributed by atoms with E-state index in [0.29, 0.717) is 24.7 Å². The highest BCUT2D eigenvalue weighted by Crippen LogP contribution is 2.46. The maximum Gasteiger partial charge on any atom is 0.314 e. The summed E-state index contributed by atoms with van der Waals surface area (Å²) in [5.41, 5.74) is 7.73. The first-order chi connectivity index (χ1) is 16.3. The van der Waals surface area contributed by atoms with Crippen LogP contribution in [0.25, 0.3) is 11.1 Å². The number of anilines is 1. The first kappa shape index (κ1) is 22.8. The molecule has 3 aliphatic rings. The molecule has 1 unspecified atom stereocenters. The van der Waals surface area contributed by atoms with E-state index in [9.17, 15) is 9.59 Å². The fourth-order valence-electron chi connectivity index (χ4n) is 6.11. The van der Waals surface area contributed by atoms with Crippen LogP contribution < -0.4 is 5.73 Å². The molecule has 2 aromatic rings. The molecule has 0 aliphatic carbocycles. The summed E-state index contributed by atoms with van der Waals surface area (Å²) in [4.78, 5) is 34.7. The van der Waals surface area contributed by atoms with Gasteiger partial charge in [0.2, 0.25) is 0 Å². The Bertz CT molecular complexity index is 1080. The molecule has 3 fully saturated rings. The summed E-state index contributed by atoms with van der Waals surface area (Å²) in [5.74, 6) is 0.181. The number of carbonyl (C=O) groups is 2. The van der Waals surface area contributed by atoms with Crippen molar-refractivity contribution < 1.29 is 14.3 Å². The van der Waals surface area contributed by atoms with Crippen LogP contribution in [0.1, 0.15) is 56.3 Å². The molecule has 0 radical (unpaired) electrons. The molecule has 7 nitrogen and oxygen atoms in total. The van der Waals surface area contributed by atoms with E-state index in [1.807, 2.05) is 55.1 Å². The number of benzene rings is 1. The molecule has 3 aliphatic heterocycles. The van der Waals surface area contributed by atoms with Crippen molar-refractivity contribution in [2.45, 2.75) is 57.6 Å². The number of esters is 1. The number of nitrogens with zero attached hydrogens (tertiary/aromatic N) is 3. The summed E-state index contributed by atoms with van der Waals surface area (Å²) < 4.78 is 5.69. The van der Waals surface area contributed by atoms with Crippen LogP contribution >= 0.6 is 0 Å². The van der Waals surface area contributed by atoms with Gasteiger partial charge in [0.15, 0.2) is 0 Å². The molecule has 4 heterocycles. The zero-order valence-electron chi connectivity index (χ0n) is 20.1. The number of ether oxygens (including phenoxy) is 1. The van der Waals surface area contributed by atoms with Crippen molar-refractivity contribution in [1.29, 1.82) is 0 Å². The minimum absolute atomic E-state index is 0.0314. The van der Waals surface area contributed by atoms with Crippen LogP contribution in [0.3, 0.4) is 0 Å². The molecule has 0 bridgehead atoms. The molecule has 5 rings (SSSR count). The van der Waals surface area contributed by atoms with E-state index in [0.717, 1.165) is 56.3 Å². The number of aromatic nitrogens is 1. The van der Waals surface area contributed by atoms with E-state index >= 15 is 0 Å². The second-order valence-corrected chi connectivity index (χ2v) is 10.7. The number of rotatable bonds is 3. The first-order valence-corrected chi connectivity index (χ1v) is 12.3. The Morgan fingerprint density at radius 3 is 2.53 bits per heavy atom. The van der Waals surface area contributed by atoms with E-state index in [1.165, 1.54) is 0 Å². The zero-order valence-corrected chi connectivity index (χ0v) is 20.1. The molecular weight excluding hydrogens is 428 g/mol. The van der Waals surface area contributed by atoms with E-state index < -0.39 is 0 Å². The minimum Gasteiger partial charge on any atom is -0.459 e. The van der Waals surface area contributed by atoms with Crippen LogP contribution in [0.15, 0.2) is 42.6 Å². The Morgan fingerprint density at radius 1 is 1.12 bits per heavy atom. The molecule has 1 aromatic carbocycles. The summed E-state index contributed by atoms with van der Waals surface area (Å²) in [5, 5.41) is 0. The fraction of sp³-hybridized carbons (Fsp3) is 0.519. The van der Waals surface area contributed by atoms with E-state index in [2.05, 4.69) is 9.88 Å². The quantitative estimate of drug-likeness (QED) is 0.699. The maximum absolute atomic E-state index is 13.3. The topological polar surface area (TPSA) is 88.8 Å². The molecule has 1 aromatic heterocycles. The molecule has 1 spiro atoms. The third-order valence-electron chi connectivity index (χ3n) is 7.70. The smallest absolute Gasteiger partial charge is 0.314 e. The summed E-state index contributed by atoms with van der Waals surface area (Å²) in [6.07, 6.45) is 6.22. The molecular formula is C27H34N4O3. The Labute approximate surface area is 201 Å².